The number of amides is 1. The number of aromatic nitrogens is 4. The van der Waals surface area contributed by atoms with Crippen LogP contribution in [0.15, 0.2) is 34.9 Å². The number of carbonyl (C=O) groups is 1. The van der Waals surface area contributed by atoms with Crippen molar-refractivity contribution < 1.29 is 4.79 Å². The standard InChI is InChI=1S/C16H16N6OS2/c1-21-6-3-4-12(21)8-13-19-20-16(22(13)2)25-10-14(23)18-15-11(9-17)5-7-24-15/h3-7H,8,10H2,1-2H3,(H,18,23). The molecule has 128 valence electrons. The summed E-state index contributed by atoms with van der Waals surface area (Å²) in [5.41, 5.74) is 1.62. The van der Waals surface area contributed by atoms with Crippen molar-refractivity contribution in [2.24, 2.45) is 14.1 Å². The first kappa shape index (κ1) is 17.3. The van der Waals surface area contributed by atoms with Crippen LogP contribution in [0.5, 0.6) is 0 Å². The molecule has 3 rings (SSSR count). The molecule has 0 spiro atoms. The highest BCUT2D eigenvalue weighted by Crippen LogP contribution is 2.23. The lowest BCUT2D eigenvalue weighted by atomic mass is 10.3. The van der Waals surface area contributed by atoms with Gasteiger partial charge in [-0.05, 0) is 23.6 Å². The van der Waals surface area contributed by atoms with Gasteiger partial charge < -0.3 is 14.5 Å². The molecule has 3 heterocycles. The van der Waals surface area contributed by atoms with Crippen LogP contribution in [0.3, 0.4) is 0 Å². The number of aryl methyl sites for hydroxylation is 1. The molecule has 0 aliphatic heterocycles. The van der Waals surface area contributed by atoms with E-state index in [9.17, 15) is 4.79 Å². The predicted octanol–water partition coefficient (Wildman–Crippen LogP) is 2.41. The average Bonchev–Trinajstić information content (AvgIpc) is 3.29. The van der Waals surface area contributed by atoms with E-state index in [4.69, 9.17) is 5.26 Å². The molecule has 0 radical (unpaired) electrons. The topological polar surface area (TPSA) is 88.5 Å². The fourth-order valence-corrected chi connectivity index (χ4v) is 3.74. The van der Waals surface area contributed by atoms with Gasteiger partial charge in [-0.1, -0.05) is 11.8 Å². The number of carbonyl (C=O) groups excluding carboxylic acids is 1. The van der Waals surface area contributed by atoms with E-state index in [1.54, 1.807) is 11.4 Å². The first-order valence-electron chi connectivity index (χ1n) is 7.47. The third kappa shape index (κ3) is 3.92. The molecule has 1 amide bonds. The fourth-order valence-electron chi connectivity index (χ4n) is 2.25. The van der Waals surface area contributed by atoms with Gasteiger partial charge in [0.25, 0.3) is 0 Å². The first-order valence-corrected chi connectivity index (χ1v) is 9.33. The van der Waals surface area contributed by atoms with E-state index in [0.717, 1.165) is 11.5 Å². The summed E-state index contributed by atoms with van der Waals surface area (Å²) in [5, 5.41) is 23.2. The highest BCUT2D eigenvalue weighted by atomic mass is 32.2. The van der Waals surface area contributed by atoms with Gasteiger partial charge in [-0.15, -0.1) is 21.5 Å². The maximum atomic E-state index is 12.1. The summed E-state index contributed by atoms with van der Waals surface area (Å²) in [6.07, 6.45) is 2.67. The summed E-state index contributed by atoms with van der Waals surface area (Å²) in [4.78, 5) is 12.1. The van der Waals surface area contributed by atoms with Gasteiger partial charge in [-0.2, -0.15) is 5.26 Å². The number of anilines is 1. The van der Waals surface area contributed by atoms with E-state index in [0.29, 0.717) is 22.1 Å². The van der Waals surface area contributed by atoms with Crippen molar-refractivity contribution in [1.29, 1.82) is 5.26 Å². The van der Waals surface area contributed by atoms with Gasteiger partial charge in [0.05, 0.1) is 11.3 Å². The van der Waals surface area contributed by atoms with Crippen molar-refractivity contribution in [3.05, 3.63) is 46.9 Å². The summed E-state index contributed by atoms with van der Waals surface area (Å²) in [6, 6.07) is 7.78. The monoisotopic (exact) mass is 372 g/mol. The second-order valence-electron chi connectivity index (χ2n) is 5.36. The Kier molecular flexibility index (Phi) is 5.21. The Morgan fingerprint density at radius 2 is 2.24 bits per heavy atom. The number of nitrogens with zero attached hydrogens (tertiary/aromatic N) is 5. The molecule has 0 saturated heterocycles. The minimum atomic E-state index is -0.170. The number of thioether (sulfide) groups is 1. The van der Waals surface area contributed by atoms with Crippen LogP contribution in [-0.2, 0) is 25.3 Å². The van der Waals surface area contributed by atoms with Crippen LogP contribution < -0.4 is 5.32 Å². The third-order valence-corrected chi connectivity index (χ3v) is 5.54. The molecule has 3 aromatic heterocycles. The van der Waals surface area contributed by atoms with Gasteiger partial charge in [0, 0.05) is 32.4 Å². The molecular weight excluding hydrogens is 356 g/mol. The average molecular weight is 372 g/mol. The summed E-state index contributed by atoms with van der Waals surface area (Å²) in [6.45, 7) is 0. The molecule has 0 saturated carbocycles. The SMILES string of the molecule is Cn1cccc1Cc1nnc(SCC(=O)Nc2sccc2C#N)n1C. The van der Waals surface area contributed by atoms with Crippen LogP contribution in [-0.4, -0.2) is 31.0 Å². The van der Waals surface area contributed by atoms with Crippen molar-refractivity contribution in [3.63, 3.8) is 0 Å². The number of rotatable bonds is 6. The fraction of sp³-hybridized carbons (Fsp3) is 0.250. The highest BCUT2D eigenvalue weighted by Gasteiger charge is 2.14. The van der Waals surface area contributed by atoms with Crippen LogP contribution in [0.25, 0.3) is 0 Å². The summed E-state index contributed by atoms with van der Waals surface area (Å²) in [5.74, 6) is 0.879. The van der Waals surface area contributed by atoms with Gasteiger partial charge in [-0.3, -0.25) is 4.79 Å². The van der Waals surface area contributed by atoms with E-state index in [1.807, 2.05) is 41.6 Å². The largest absolute Gasteiger partial charge is 0.354 e. The van der Waals surface area contributed by atoms with Crippen LogP contribution in [0.4, 0.5) is 5.00 Å². The van der Waals surface area contributed by atoms with Crippen molar-refractivity contribution in [3.8, 4) is 6.07 Å². The van der Waals surface area contributed by atoms with Crippen molar-refractivity contribution in [2.75, 3.05) is 11.1 Å². The Morgan fingerprint density at radius 3 is 2.96 bits per heavy atom. The minimum absolute atomic E-state index is 0.170. The van der Waals surface area contributed by atoms with Crippen LogP contribution in [0.1, 0.15) is 17.1 Å². The Labute approximate surface area is 153 Å². The summed E-state index contributed by atoms with van der Waals surface area (Å²) < 4.78 is 3.94. The van der Waals surface area contributed by atoms with Crippen molar-refractivity contribution in [1.82, 2.24) is 19.3 Å². The molecule has 9 heteroatoms. The van der Waals surface area contributed by atoms with Crippen molar-refractivity contribution in [2.45, 2.75) is 11.6 Å². The molecule has 25 heavy (non-hydrogen) atoms. The van der Waals surface area contributed by atoms with E-state index in [1.165, 1.54) is 23.1 Å². The van der Waals surface area contributed by atoms with Crippen LogP contribution in [0, 0.1) is 11.3 Å². The Morgan fingerprint density at radius 1 is 1.40 bits per heavy atom. The van der Waals surface area contributed by atoms with E-state index in [2.05, 4.69) is 21.6 Å². The first-order chi connectivity index (χ1) is 12.1. The molecule has 3 aromatic rings. The molecule has 1 N–H and O–H groups in total. The van der Waals surface area contributed by atoms with Gasteiger partial charge in [0.2, 0.25) is 5.91 Å². The maximum absolute atomic E-state index is 12.1. The van der Waals surface area contributed by atoms with Gasteiger partial charge in [0.15, 0.2) is 5.16 Å². The molecule has 0 fully saturated rings. The molecular formula is C16H16N6OS2. The normalized spacial score (nSPS) is 10.6. The lowest BCUT2D eigenvalue weighted by molar-refractivity contribution is -0.113. The number of hydrogen-bond donors (Lipinski definition) is 1. The Balaban J connectivity index is 1.59. The highest BCUT2D eigenvalue weighted by molar-refractivity contribution is 7.99. The molecule has 0 atom stereocenters. The third-order valence-electron chi connectivity index (χ3n) is 3.69. The van der Waals surface area contributed by atoms with Crippen LogP contribution in [0.2, 0.25) is 0 Å². The Hall–Kier alpha value is -2.57. The number of nitriles is 1. The quantitative estimate of drug-likeness (QED) is 0.671. The predicted molar refractivity (Wildman–Crippen MR) is 97.6 cm³/mol. The second kappa shape index (κ2) is 7.55. The molecule has 7 nitrogen and oxygen atoms in total. The lowest BCUT2D eigenvalue weighted by Crippen LogP contribution is -2.14. The molecule has 0 unspecified atom stereocenters. The summed E-state index contributed by atoms with van der Waals surface area (Å²) in [7, 11) is 3.89. The van der Waals surface area contributed by atoms with E-state index in [-0.39, 0.29) is 11.7 Å². The number of hydrogen-bond acceptors (Lipinski definition) is 6. The van der Waals surface area contributed by atoms with Crippen LogP contribution >= 0.6 is 23.1 Å². The molecule has 0 aromatic carbocycles. The zero-order valence-electron chi connectivity index (χ0n) is 13.8. The zero-order chi connectivity index (χ0) is 17.8. The van der Waals surface area contributed by atoms with E-state index < -0.39 is 0 Å². The number of thiophene rings is 1. The van der Waals surface area contributed by atoms with Gasteiger partial charge in [0.1, 0.15) is 16.9 Å². The zero-order valence-corrected chi connectivity index (χ0v) is 15.4. The lowest BCUT2D eigenvalue weighted by Gasteiger charge is -2.05. The van der Waals surface area contributed by atoms with E-state index >= 15 is 0 Å². The van der Waals surface area contributed by atoms with Crippen molar-refractivity contribution >= 4 is 34.0 Å². The number of nitrogens with one attached hydrogen (secondary N) is 1. The summed E-state index contributed by atoms with van der Waals surface area (Å²) >= 11 is 2.66. The van der Waals surface area contributed by atoms with Gasteiger partial charge >= 0.3 is 0 Å². The molecule has 0 bridgehead atoms. The van der Waals surface area contributed by atoms with Gasteiger partial charge in [-0.25, -0.2) is 0 Å². The maximum Gasteiger partial charge on any atom is 0.235 e. The molecule has 0 aliphatic rings. The second-order valence-corrected chi connectivity index (χ2v) is 7.22. The Bertz CT molecular complexity index is 933. The smallest absolute Gasteiger partial charge is 0.235 e. The molecule has 0 aliphatic carbocycles. The minimum Gasteiger partial charge on any atom is -0.354 e.